The molecule has 0 saturated carbocycles. The maximum atomic E-state index is 8.11. The van der Waals surface area contributed by atoms with Gasteiger partial charge in [-0.05, 0) is 0 Å². The van der Waals surface area contributed by atoms with Crippen molar-refractivity contribution in [3.05, 3.63) is 4.91 Å². The molecular formula is HIrNO2. The van der Waals surface area contributed by atoms with Crippen molar-refractivity contribution < 1.29 is 25.3 Å². The molecule has 0 bridgehead atoms. The molecule has 27 valence electrons. The van der Waals surface area contributed by atoms with E-state index in [9.17, 15) is 0 Å². The molecule has 0 saturated heterocycles. The quantitative estimate of drug-likeness (QED) is 0.483. The Labute approximate surface area is 36.3 Å². The van der Waals surface area contributed by atoms with Gasteiger partial charge < -0.3 is 5.21 Å². The van der Waals surface area contributed by atoms with E-state index >= 15 is 0 Å². The predicted octanol–water partition coefficient (Wildman–Crippen LogP) is 0.140. The van der Waals surface area contributed by atoms with Crippen LogP contribution in [0.1, 0.15) is 0 Å². The first-order chi connectivity index (χ1) is 1.41. The largest absolute Gasteiger partial charge is 0.379 e. The monoisotopic (exact) mass is 240 g/mol. The van der Waals surface area contributed by atoms with Gasteiger partial charge in [0.25, 0.3) is 0 Å². The van der Waals surface area contributed by atoms with Crippen molar-refractivity contribution in [2.45, 2.75) is 0 Å². The van der Waals surface area contributed by atoms with Gasteiger partial charge in [-0.15, -0.1) is 4.91 Å². The smallest absolute Gasteiger partial charge is 0.152 e. The molecule has 0 fully saturated rings. The second kappa shape index (κ2) is 11.6. The number of hydrogen-bond donors (Lipinski definition) is 1. The molecule has 4 heavy (non-hydrogen) atoms. The molecule has 0 atom stereocenters. The Morgan fingerprint density at radius 2 is 1.75 bits per heavy atom. The molecular weight excluding hydrogens is 238 g/mol. The molecule has 1 radical (unpaired) electrons. The van der Waals surface area contributed by atoms with Gasteiger partial charge in [0.1, 0.15) is 0 Å². The van der Waals surface area contributed by atoms with Crippen molar-refractivity contribution in [1.82, 2.24) is 0 Å². The fourth-order valence-corrected chi connectivity index (χ4v) is 0. The molecule has 0 aliphatic carbocycles. The second-order valence-corrected chi connectivity index (χ2v) is 0.0816. The van der Waals surface area contributed by atoms with Gasteiger partial charge in [0.05, 0.1) is 0 Å². The van der Waals surface area contributed by atoms with Crippen LogP contribution in [0, 0.1) is 4.91 Å². The van der Waals surface area contributed by atoms with Crippen LogP contribution in [0.3, 0.4) is 0 Å². The fraction of sp³-hybridized carbons (Fsp3) is 0. The Kier molecular flexibility index (Phi) is 26.1. The van der Waals surface area contributed by atoms with Crippen molar-refractivity contribution in [3.8, 4) is 0 Å². The summed E-state index contributed by atoms with van der Waals surface area (Å²) in [4.78, 5) is 8.11. The van der Waals surface area contributed by atoms with Crippen LogP contribution in [-0.2, 0) is 20.1 Å². The third-order valence-corrected chi connectivity index (χ3v) is 0. The molecule has 0 aromatic carbocycles. The summed E-state index contributed by atoms with van der Waals surface area (Å²) in [7, 11) is 0. The Morgan fingerprint density at radius 3 is 1.75 bits per heavy atom. The Balaban J connectivity index is 0. The first kappa shape index (κ1) is 8.97. The molecule has 0 aliphatic rings. The normalized spacial score (nSPS) is 3.00. The molecule has 1 N–H and O–H groups in total. The van der Waals surface area contributed by atoms with Gasteiger partial charge in [-0.1, -0.05) is 0 Å². The van der Waals surface area contributed by atoms with Crippen molar-refractivity contribution in [2.75, 3.05) is 0 Å². The Morgan fingerprint density at radius 1 is 1.75 bits per heavy atom. The van der Waals surface area contributed by atoms with Crippen LogP contribution >= 0.6 is 0 Å². The Bertz CT molecular complexity index is 13.5. The van der Waals surface area contributed by atoms with Crippen LogP contribution in [0.15, 0.2) is 5.34 Å². The minimum absolute atomic E-state index is 0. The van der Waals surface area contributed by atoms with E-state index in [0.29, 0.717) is 0 Å². The van der Waals surface area contributed by atoms with Crippen molar-refractivity contribution in [1.29, 1.82) is 0 Å². The van der Waals surface area contributed by atoms with E-state index in [2.05, 4.69) is 0 Å². The van der Waals surface area contributed by atoms with Gasteiger partial charge >= 0.3 is 0 Å². The van der Waals surface area contributed by atoms with Crippen molar-refractivity contribution in [3.63, 3.8) is 0 Å². The zero-order chi connectivity index (χ0) is 2.71. The van der Waals surface area contributed by atoms with E-state index in [1.165, 1.54) is 5.34 Å². The molecule has 0 aliphatic heterocycles. The summed E-state index contributed by atoms with van der Waals surface area (Å²) in [6, 6.07) is 0. The topological polar surface area (TPSA) is 49.7 Å². The number of nitrogens with zero attached hydrogens (tertiary/aromatic N) is 1. The molecule has 0 unspecified atom stereocenters. The molecule has 0 aromatic rings. The van der Waals surface area contributed by atoms with E-state index in [4.69, 9.17) is 10.1 Å². The SMILES string of the molecule is O=NO.[Ir]. The summed E-state index contributed by atoms with van der Waals surface area (Å²) in [5.41, 5.74) is 0. The van der Waals surface area contributed by atoms with Crippen molar-refractivity contribution in [2.24, 2.45) is 5.34 Å². The fourth-order valence-electron chi connectivity index (χ4n) is 0. The van der Waals surface area contributed by atoms with Gasteiger partial charge in [0, 0.05) is 20.1 Å². The van der Waals surface area contributed by atoms with Crippen LogP contribution in [0.4, 0.5) is 0 Å². The first-order valence-electron chi connectivity index (χ1n) is 0.383. The third-order valence-electron chi connectivity index (χ3n) is 0. The van der Waals surface area contributed by atoms with Crippen molar-refractivity contribution >= 4 is 0 Å². The van der Waals surface area contributed by atoms with Gasteiger partial charge in [-0.25, -0.2) is 0 Å². The summed E-state index contributed by atoms with van der Waals surface area (Å²) in [6.45, 7) is 0. The minimum atomic E-state index is 0. The number of hydrogen-bond acceptors (Lipinski definition) is 2. The van der Waals surface area contributed by atoms with Gasteiger partial charge in [-0.2, -0.15) is 0 Å². The van der Waals surface area contributed by atoms with E-state index in [1.807, 2.05) is 0 Å². The van der Waals surface area contributed by atoms with Gasteiger partial charge in [0.15, 0.2) is 5.34 Å². The molecule has 0 heterocycles. The average Bonchev–Trinajstić information content (AvgIpc) is 0.918. The zero-order valence-corrected chi connectivity index (χ0v) is 4.03. The Hall–Kier alpha value is 0.0494. The van der Waals surface area contributed by atoms with Crippen LogP contribution in [-0.4, -0.2) is 5.21 Å². The van der Waals surface area contributed by atoms with Gasteiger partial charge in [0.2, 0.25) is 0 Å². The minimum Gasteiger partial charge on any atom is -0.379 e. The molecule has 0 rings (SSSR count). The molecule has 3 nitrogen and oxygen atoms in total. The zero-order valence-electron chi connectivity index (χ0n) is 1.64. The van der Waals surface area contributed by atoms with Crippen LogP contribution < -0.4 is 0 Å². The number of rotatable bonds is 0. The van der Waals surface area contributed by atoms with E-state index in [1.54, 1.807) is 0 Å². The first-order valence-corrected chi connectivity index (χ1v) is 0.383. The molecule has 4 heteroatoms. The molecule has 0 aromatic heterocycles. The van der Waals surface area contributed by atoms with Crippen LogP contribution in [0.5, 0.6) is 0 Å². The summed E-state index contributed by atoms with van der Waals surface area (Å²) < 4.78 is 0. The summed E-state index contributed by atoms with van der Waals surface area (Å²) in [6.07, 6.45) is 0. The maximum absolute atomic E-state index is 8.11. The van der Waals surface area contributed by atoms with Crippen LogP contribution in [0.25, 0.3) is 0 Å². The summed E-state index contributed by atoms with van der Waals surface area (Å²) in [5, 5.41) is 7.89. The van der Waals surface area contributed by atoms with E-state index in [0.717, 1.165) is 0 Å². The summed E-state index contributed by atoms with van der Waals surface area (Å²) >= 11 is 0. The predicted molar refractivity (Wildman–Crippen MR) is 7.58 cm³/mol. The molecule has 0 amide bonds. The van der Waals surface area contributed by atoms with Gasteiger partial charge in [-0.3, -0.25) is 0 Å². The second-order valence-electron chi connectivity index (χ2n) is 0.0816. The summed E-state index contributed by atoms with van der Waals surface area (Å²) in [5.74, 6) is 0. The van der Waals surface area contributed by atoms with E-state index < -0.39 is 0 Å². The van der Waals surface area contributed by atoms with Crippen LogP contribution in [0.2, 0.25) is 0 Å². The molecule has 0 spiro atoms. The van der Waals surface area contributed by atoms with E-state index in [-0.39, 0.29) is 20.1 Å². The average molecular weight is 239 g/mol. The maximum Gasteiger partial charge on any atom is 0.152 e. The third kappa shape index (κ3) is 927. The standard InChI is InChI=1S/Ir.HNO2/c;2-1-3/h;(H,2,3).